The van der Waals surface area contributed by atoms with E-state index >= 15 is 0 Å². The highest BCUT2D eigenvalue weighted by Gasteiger charge is 2.48. The average Bonchev–Trinajstić information content (AvgIpc) is 3.40. The van der Waals surface area contributed by atoms with Gasteiger partial charge in [0.1, 0.15) is 0 Å². The van der Waals surface area contributed by atoms with E-state index in [2.05, 4.69) is 106 Å². The molecular weight excluding hydrogens is 378 g/mol. The van der Waals surface area contributed by atoms with Crippen LogP contribution in [0.15, 0.2) is 102 Å². The second kappa shape index (κ2) is 5.96. The Kier molecular flexibility index (Phi) is 3.20. The molecule has 0 bridgehead atoms. The minimum absolute atomic E-state index is 0.428. The molecule has 4 aliphatic rings. The average molecular weight is 395 g/mol. The molecule has 1 aromatic heterocycles. The molecule has 4 aliphatic carbocycles. The fourth-order valence-corrected chi connectivity index (χ4v) is 5.47. The van der Waals surface area contributed by atoms with Crippen molar-refractivity contribution in [1.29, 1.82) is 0 Å². The molecule has 3 nitrogen and oxygen atoms in total. The minimum Gasteiger partial charge on any atom is -0.139 e. The van der Waals surface area contributed by atoms with Gasteiger partial charge in [-0.15, -0.1) is 10.2 Å². The lowest BCUT2D eigenvalue weighted by atomic mass is 9.60. The zero-order chi connectivity index (χ0) is 20.4. The molecule has 144 valence electrons. The Labute approximate surface area is 180 Å². The van der Waals surface area contributed by atoms with Gasteiger partial charge in [0.2, 0.25) is 0 Å². The van der Waals surface area contributed by atoms with Crippen LogP contribution in [0.3, 0.4) is 0 Å². The van der Waals surface area contributed by atoms with Crippen molar-refractivity contribution in [2.24, 2.45) is 5.41 Å². The first-order chi connectivity index (χ1) is 15.4. The molecule has 3 heteroatoms. The van der Waals surface area contributed by atoms with Crippen molar-refractivity contribution in [3.8, 4) is 0 Å². The lowest BCUT2D eigenvalue weighted by Crippen LogP contribution is -2.29. The fraction of sp³-hybridized carbons (Fsp3) is 0.0357. The smallest absolute Gasteiger partial charge is 0.0938 e. The van der Waals surface area contributed by atoms with Gasteiger partial charge in [0.25, 0.3) is 0 Å². The molecule has 0 saturated carbocycles. The Morgan fingerprint density at radius 2 is 1.32 bits per heavy atom. The maximum atomic E-state index is 4.41. The maximum absolute atomic E-state index is 4.41. The molecular formula is C28H17N3. The highest BCUT2D eigenvalue weighted by Crippen LogP contribution is 2.63. The summed E-state index contributed by atoms with van der Waals surface area (Å²) in [6.45, 7) is 0. The molecule has 0 saturated heterocycles. The Morgan fingerprint density at radius 3 is 2.00 bits per heavy atom. The van der Waals surface area contributed by atoms with Crippen LogP contribution in [0.4, 0.5) is 0 Å². The van der Waals surface area contributed by atoms with E-state index in [1.807, 2.05) is 6.07 Å². The van der Waals surface area contributed by atoms with Crippen LogP contribution in [0.25, 0.3) is 28.9 Å². The molecule has 1 unspecified atom stereocenters. The van der Waals surface area contributed by atoms with E-state index in [0.29, 0.717) is 0 Å². The van der Waals surface area contributed by atoms with Gasteiger partial charge in [-0.2, -0.15) is 0 Å². The Bertz CT molecular complexity index is 1440. The van der Waals surface area contributed by atoms with Gasteiger partial charge in [-0.1, -0.05) is 78.9 Å². The van der Waals surface area contributed by atoms with E-state index < -0.39 is 5.41 Å². The van der Waals surface area contributed by atoms with Crippen LogP contribution in [0.1, 0.15) is 27.9 Å². The van der Waals surface area contributed by atoms with E-state index in [-0.39, 0.29) is 0 Å². The molecule has 0 aliphatic heterocycles. The van der Waals surface area contributed by atoms with Gasteiger partial charge < -0.3 is 0 Å². The first kappa shape index (κ1) is 16.7. The molecule has 3 aromatic rings. The van der Waals surface area contributed by atoms with Crippen molar-refractivity contribution in [1.82, 2.24) is 15.4 Å². The lowest BCUT2D eigenvalue weighted by molar-refractivity contribution is 0.757. The Hall–Kier alpha value is -4.11. The summed E-state index contributed by atoms with van der Waals surface area (Å²) < 4.78 is 0. The molecule has 0 fully saturated rings. The number of hydrogen-bond donors (Lipinski definition) is 0. The van der Waals surface area contributed by atoms with Crippen LogP contribution in [0.2, 0.25) is 0 Å². The third-order valence-electron chi connectivity index (χ3n) is 6.76. The summed E-state index contributed by atoms with van der Waals surface area (Å²) in [5, 5.41) is 12.3. The van der Waals surface area contributed by atoms with E-state index in [1.54, 1.807) is 6.20 Å². The molecule has 0 N–H and O–H groups in total. The first-order valence-corrected chi connectivity index (χ1v) is 10.5. The van der Waals surface area contributed by atoms with Crippen LogP contribution in [-0.2, 0) is 0 Å². The largest absolute Gasteiger partial charge is 0.139 e. The number of nitrogens with zero attached hydrogens (tertiary/aromatic N) is 3. The number of hydrogen-bond acceptors (Lipinski definition) is 3. The molecule has 1 heterocycles. The number of benzene rings is 2. The second-order valence-electron chi connectivity index (χ2n) is 8.20. The predicted octanol–water partition coefficient (Wildman–Crippen LogP) is 5.79. The van der Waals surface area contributed by atoms with Gasteiger partial charge in [0.05, 0.1) is 17.3 Å². The van der Waals surface area contributed by atoms with Crippen molar-refractivity contribution >= 4 is 28.9 Å². The third-order valence-corrected chi connectivity index (χ3v) is 6.76. The summed E-state index contributed by atoms with van der Waals surface area (Å²) in [5.41, 5.74) is 11.8. The lowest BCUT2D eigenvalue weighted by Gasteiger charge is -2.41. The molecule has 1 spiro atoms. The van der Waals surface area contributed by atoms with Crippen LogP contribution in [0, 0.1) is 5.41 Å². The van der Waals surface area contributed by atoms with Crippen LogP contribution < -0.4 is 0 Å². The van der Waals surface area contributed by atoms with Gasteiger partial charge in [-0.05, 0) is 73.6 Å². The normalized spacial score (nSPS) is 21.9. The maximum Gasteiger partial charge on any atom is 0.0938 e. The summed E-state index contributed by atoms with van der Waals surface area (Å²) >= 11 is 0. The van der Waals surface area contributed by atoms with Crippen LogP contribution in [-0.4, -0.2) is 15.4 Å². The zero-order valence-electron chi connectivity index (χ0n) is 16.7. The minimum atomic E-state index is -0.428. The van der Waals surface area contributed by atoms with Gasteiger partial charge in [0, 0.05) is 0 Å². The molecule has 31 heavy (non-hydrogen) atoms. The summed E-state index contributed by atoms with van der Waals surface area (Å²) in [7, 11) is 0. The Balaban J connectivity index is 1.54. The number of allylic oxidation sites excluding steroid dienone is 10. The highest BCUT2D eigenvalue weighted by molar-refractivity contribution is 6.10. The molecule has 2 aromatic carbocycles. The zero-order valence-corrected chi connectivity index (χ0v) is 16.7. The molecule has 0 radical (unpaired) electrons. The fourth-order valence-electron chi connectivity index (χ4n) is 5.47. The van der Waals surface area contributed by atoms with Gasteiger partial charge in [-0.3, -0.25) is 0 Å². The van der Waals surface area contributed by atoms with Gasteiger partial charge >= 0.3 is 0 Å². The summed E-state index contributed by atoms with van der Waals surface area (Å²) in [5.74, 6) is 0. The summed E-state index contributed by atoms with van der Waals surface area (Å²) in [4.78, 5) is 0. The number of aromatic nitrogens is 3. The van der Waals surface area contributed by atoms with Crippen molar-refractivity contribution < 1.29 is 0 Å². The van der Waals surface area contributed by atoms with Gasteiger partial charge in [-0.25, -0.2) is 0 Å². The van der Waals surface area contributed by atoms with Crippen molar-refractivity contribution in [3.63, 3.8) is 0 Å². The van der Waals surface area contributed by atoms with Crippen molar-refractivity contribution in [2.75, 3.05) is 0 Å². The highest BCUT2D eigenvalue weighted by atomic mass is 15.3. The summed E-state index contributed by atoms with van der Waals surface area (Å²) in [6, 6.07) is 19.2. The monoisotopic (exact) mass is 395 g/mol. The SMILES string of the molecule is C1=CC2(C3=Cc4ccccc4C3=C1)C1=Cc3ccccc3C1=CC=C2c1ccnnn1. The van der Waals surface area contributed by atoms with E-state index in [9.17, 15) is 0 Å². The standard InChI is InChI=1S/C28H17N3/c1-3-8-20-18(6-1)16-25-22(20)10-5-14-28(25)24(27-13-15-29-31-30-27)12-11-23-21-9-4-2-7-19(21)17-26(23)28/h1-17H. The quantitative estimate of drug-likeness (QED) is 0.524. The van der Waals surface area contributed by atoms with Gasteiger partial charge in [0.15, 0.2) is 0 Å². The first-order valence-electron chi connectivity index (χ1n) is 10.5. The third kappa shape index (κ3) is 2.10. The topological polar surface area (TPSA) is 38.7 Å². The van der Waals surface area contributed by atoms with Crippen LogP contribution in [0.5, 0.6) is 0 Å². The molecule has 7 rings (SSSR count). The van der Waals surface area contributed by atoms with E-state index in [0.717, 1.165) is 11.3 Å². The van der Waals surface area contributed by atoms with Crippen LogP contribution >= 0.6 is 0 Å². The van der Waals surface area contributed by atoms with E-state index in [4.69, 9.17) is 0 Å². The predicted molar refractivity (Wildman–Crippen MR) is 124 cm³/mol. The number of fused-ring (bicyclic) bond motifs is 8. The van der Waals surface area contributed by atoms with Crippen molar-refractivity contribution in [2.45, 2.75) is 0 Å². The summed E-state index contributed by atoms with van der Waals surface area (Å²) in [6.07, 6.45) is 17.6. The number of rotatable bonds is 1. The second-order valence-corrected chi connectivity index (χ2v) is 8.20. The van der Waals surface area contributed by atoms with E-state index in [1.165, 1.54) is 44.5 Å². The van der Waals surface area contributed by atoms with Crippen molar-refractivity contribution in [3.05, 3.63) is 130 Å². The Morgan fingerprint density at radius 1 is 0.645 bits per heavy atom. The molecule has 1 atom stereocenters. The molecule has 0 amide bonds.